The van der Waals surface area contributed by atoms with Crippen LogP contribution in [0.3, 0.4) is 0 Å². The van der Waals surface area contributed by atoms with Crippen molar-refractivity contribution in [2.24, 2.45) is 0 Å². The molecule has 28 valence electrons. The summed E-state index contributed by atoms with van der Waals surface area (Å²) >= 11 is -1.73. The van der Waals surface area contributed by atoms with Gasteiger partial charge < -0.3 is 0 Å². The van der Waals surface area contributed by atoms with Crippen LogP contribution in [0, 0.1) is 11.1 Å². The van der Waals surface area contributed by atoms with Gasteiger partial charge in [-0.3, -0.25) is 0 Å². The van der Waals surface area contributed by atoms with E-state index in [-0.39, 0.29) is 0 Å². The molecule has 0 aromatic heterocycles. The van der Waals surface area contributed by atoms with Crippen LogP contribution in [0.4, 0.5) is 0 Å². The van der Waals surface area contributed by atoms with Gasteiger partial charge in [0.15, 0.2) is 0 Å². The number of rotatable bonds is 0. The van der Waals surface area contributed by atoms with Crippen LogP contribution in [0.1, 0.15) is 0 Å². The molecule has 0 saturated carbocycles. The number of hydrogen-bond donors (Lipinski definition) is 0. The molecule has 5 heavy (non-hydrogen) atoms. The van der Waals surface area contributed by atoms with Gasteiger partial charge in [0.1, 0.15) is 0 Å². The molecule has 0 nitrogen and oxygen atoms in total. The first-order valence-corrected chi connectivity index (χ1v) is 6.72. The van der Waals surface area contributed by atoms with Gasteiger partial charge in [0.2, 0.25) is 0 Å². The molecule has 3 heteroatoms. The Morgan fingerprint density at radius 1 is 1.60 bits per heavy atom. The third kappa shape index (κ3) is 4.70. The van der Waals surface area contributed by atoms with Crippen molar-refractivity contribution >= 4 is 32.7 Å². The third-order valence-corrected chi connectivity index (χ3v) is 1.52. The summed E-state index contributed by atoms with van der Waals surface area (Å²) in [5.41, 5.74) is 0. The molecule has 0 aliphatic heterocycles. The van der Waals surface area contributed by atoms with E-state index in [0.717, 1.165) is 0 Å². The number of halogens is 2. The predicted molar refractivity (Wildman–Crippen MR) is 26.3 cm³/mol. The summed E-state index contributed by atoms with van der Waals surface area (Å²) in [6.45, 7) is 0. The van der Waals surface area contributed by atoms with E-state index in [2.05, 4.69) is 4.71 Å². The Balaban J connectivity index is 2.94. The molecule has 0 radical (unpaired) electrons. The maximum atomic E-state index is 5.14. The van der Waals surface area contributed by atoms with E-state index in [1.165, 1.54) is 0 Å². The van der Waals surface area contributed by atoms with E-state index in [0.29, 0.717) is 0 Å². The van der Waals surface area contributed by atoms with Gasteiger partial charge in [-0.05, 0) is 0 Å². The SMILES string of the molecule is C#C[As](Cl)Cl. The van der Waals surface area contributed by atoms with Crippen molar-refractivity contribution in [3.8, 4) is 11.1 Å². The van der Waals surface area contributed by atoms with Gasteiger partial charge in [-0.1, -0.05) is 0 Å². The Morgan fingerprint density at radius 3 is 1.80 bits per heavy atom. The molecule has 0 bridgehead atoms. The molecule has 0 heterocycles. The van der Waals surface area contributed by atoms with Crippen LogP contribution in [0.15, 0.2) is 0 Å². The van der Waals surface area contributed by atoms with Crippen LogP contribution in [0.25, 0.3) is 0 Å². The van der Waals surface area contributed by atoms with Gasteiger partial charge in [-0.15, -0.1) is 0 Å². The van der Waals surface area contributed by atoms with Crippen LogP contribution in [-0.4, -0.2) is 12.8 Å². The average Bonchev–Trinajstić information content (AvgIpc) is 1.38. The van der Waals surface area contributed by atoms with Crippen LogP contribution in [-0.2, 0) is 0 Å². The molecular formula is C2HAsCl2. The standard InChI is InChI=1S/C2HAsCl2/c1-2-3(4)5/h1H. The Labute approximate surface area is 44.0 Å². The van der Waals surface area contributed by atoms with Crippen LogP contribution < -0.4 is 0 Å². The fraction of sp³-hybridized carbons (Fsp3) is 0. The van der Waals surface area contributed by atoms with E-state index < -0.39 is 12.8 Å². The predicted octanol–water partition coefficient (Wildman–Crippen LogP) is 1.12. The van der Waals surface area contributed by atoms with Crippen molar-refractivity contribution in [1.29, 1.82) is 0 Å². The summed E-state index contributed by atoms with van der Waals surface area (Å²) in [6.07, 6.45) is 4.72. The Kier molecular flexibility index (Phi) is 3.32. The van der Waals surface area contributed by atoms with Crippen LogP contribution >= 0.6 is 19.9 Å². The molecule has 0 aromatic rings. The van der Waals surface area contributed by atoms with Crippen molar-refractivity contribution in [1.82, 2.24) is 0 Å². The van der Waals surface area contributed by atoms with E-state index in [9.17, 15) is 0 Å². The van der Waals surface area contributed by atoms with Crippen molar-refractivity contribution in [2.75, 3.05) is 0 Å². The number of terminal acetylenes is 1. The summed E-state index contributed by atoms with van der Waals surface area (Å²) in [4.78, 5) is 0. The monoisotopic (exact) mass is 170 g/mol. The summed E-state index contributed by atoms with van der Waals surface area (Å²) < 4.78 is 2.20. The van der Waals surface area contributed by atoms with Gasteiger partial charge in [0.25, 0.3) is 0 Å². The van der Waals surface area contributed by atoms with E-state index in [1.54, 1.807) is 0 Å². The fourth-order valence-electron chi connectivity index (χ4n) is 0. The second kappa shape index (κ2) is 2.91. The molecule has 0 amide bonds. The topological polar surface area (TPSA) is 0 Å². The van der Waals surface area contributed by atoms with E-state index in [1.807, 2.05) is 0 Å². The van der Waals surface area contributed by atoms with Gasteiger partial charge in [-0.25, -0.2) is 0 Å². The Bertz CT molecular complexity index is 53.2. The first-order valence-electron chi connectivity index (χ1n) is 0.850. The second-order valence-electron chi connectivity index (χ2n) is 0.362. The molecule has 0 unspecified atom stereocenters. The van der Waals surface area contributed by atoms with Gasteiger partial charge in [0, 0.05) is 0 Å². The summed E-state index contributed by atoms with van der Waals surface area (Å²) in [5, 5.41) is 0. The van der Waals surface area contributed by atoms with Crippen molar-refractivity contribution in [3.63, 3.8) is 0 Å². The van der Waals surface area contributed by atoms with Gasteiger partial charge in [-0.2, -0.15) is 0 Å². The first-order chi connectivity index (χ1) is 2.27. The quantitative estimate of drug-likeness (QED) is 0.378. The van der Waals surface area contributed by atoms with Gasteiger partial charge in [0.05, 0.1) is 0 Å². The van der Waals surface area contributed by atoms with Crippen molar-refractivity contribution < 1.29 is 0 Å². The minimum absolute atomic E-state index is 1.73. The Morgan fingerprint density at radius 2 is 1.80 bits per heavy atom. The zero-order valence-corrected chi connectivity index (χ0v) is 5.67. The van der Waals surface area contributed by atoms with E-state index >= 15 is 0 Å². The molecule has 0 aliphatic rings. The molecule has 0 fully saturated rings. The molecule has 0 spiro atoms. The zero-order valence-electron chi connectivity index (χ0n) is 2.28. The average molecular weight is 171 g/mol. The summed E-state index contributed by atoms with van der Waals surface area (Å²) in [7, 11) is 10.3. The molecule has 0 N–H and O–H groups in total. The molecule has 0 saturated heterocycles. The van der Waals surface area contributed by atoms with Crippen molar-refractivity contribution in [3.05, 3.63) is 0 Å². The third-order valence-electron chi connectivity index (χ3n) is 0.0976. The van der Waals surface area contributed by atoms with Gasteiger partial charge >= 0.3 is 43.8 Å². The molecule has 0 aliphatic carbocycles. The zero-order chi connectivity index (χ0) is 4.28. The van der Waals surface area contributed by atoms with Crippen LogP contribution in [0.2, 0.25) is 0 Å². The summed E-state index contributed by atoms with van der Waals surface area (Å²) in [6, 6.07) is 0. The van der Waals surface area contributed by atoms with Crippen molar-refractivity contribution in [2.45, 2.75) is 0 Å². The molecule has 0 aromatic carbocycles. The molecule has 0 rings (SSSR count). The Hall–Kier alpha value is 0.698. The first kappa shape index (κ1) is 5.70. The maximum absolute atomic E-state index is 5.14. The molecular weight excluding hydrogens is 170 g/mol. The second-order valence-corrected chi connectivity index (χ2v) is 6.29. The molecule has 0 atom stereocenters. The fourth-order valence-corrected chi connectivity index (χ4v) is 0. The summed E-state index contributed by atoms with van der Waals surface area (Å²) in [5.74, 6) is 0. The van der Waals surface area contributed by atoms with Crippen LogP contribution in [0.5, 0.6) is 0 Å². The van der Waals surface area contributed by atoms with E-state index in [4.69, 9.17) is 26.3 Å². The normalized spacial score (nSPS) is 7.60. The number of hydrogen-bond acceptors (Lipinski definition) is 0. The minimum atomic E-state index is -1.73.